The molecule has 8 heteroatoms. The second kappa shape index (κ2) is 8.79. The van der Waals surface area contributed by atoms with Gasteiger partial charge in [-0.25, -0.2) is 9.78 Å². The highest BCUT2D eigenvalue weighted by Gasteiger charge is 2.25. The zero-order valence-electron chi connectivity index (χ0n) is 17.7. The van der Waals surface area contributed by atoms with E-state index in [0.29, 0.717) is 32.8 Å². The maximum absolute atomic E-state index is 13.2. The van der Waals surface area contributed by atoms with E-state index >= 15 is 0 Å². The molecule has 3 aromatic rings. The maximum Gasteiger partial charge on any atom is 0.348 e. The molecule has 0 saturated heterocycles. The van der Waals surface area contributed by atoms with Gasteiger partial charge in [-0.1, -0.05) is 19.1 Å². The van der Waals surface area contributed by atoms with Gasteiger partial charge >= 0.3 is 5.97 Å². The maximum atomic E-state index is 13.2. The van der Waals surface area contributed by atoms with Crippen molar-refractivity contribution in [1.82, 2.24) is 9.55 Å². The standard InChI is InChI=1S/C22H25N3O4S/c1-6-16(19(26)24-15-9-7-8-13(4)10-15)25-11-23-20-17(21(25)27)14(5)18(30-20)22(28)29-12(2)3/h7-12,16H,6H2,1-5H3,(H,24,26). The van der Waals surface area contributed by atoms with Gasteiger partial charge in [-0.05, 0) is 57.4 Å². The van der Waals surface area contributed by atoms with Gasteiger partial charge in [0.15, 0.2) is 0 Å². The van der Waals surface area contributed by atoms with Crippen molar-refractivity contribution >= 4 is 39.1 Å². The fourth-order valence-corrected chi connectivity index (χ4v) is 4.30. The predicted octanol–water partition coefficient (Wildman–Crippen LogP) is 4.23. The van der Waals surface area contributed by atoms with Crippen LogP contribution in [-0.2, 0) is 9.53 Å². The van der Waals surface area contributed by atoms with Gasteiger partial charge in [0.2, 0.25) is 5.91 Å². The van der Waals surface area contributed by atoms with Crippen molar-refractivity contribution in [1.29, 1.82) is 0 Å². The largest absolute Gasteiger partial charge is 0.459 e. The van der Waals surface area contributed by atoms with Gasteiger partial charge in [-0.15, -0.1) is 11.3 Å². The van der Waals surface area contributed by atoms with E-state index in [1.54, 1.807) is 26.8 Å². The quantitative estimate of drug-likeness (QED) is 0.595. The Morgan fingerprint density at radius 2 is 2.00 bits per heavy atom. The van der Waals surface area contributed by atoms with E-state index in [2.05, 4.69) is 10.3 Å². The lowest BCUT2D eigenvalue weighted by molar-refractivity contribution is -0.119. The number of fused-ring (bicyclic) bond motifs is 1. The summed E-state index contributed by atoms with van der Waals surface area (Å²) in [6, 6.07) is 6.75. The van der Waals surface area contributed by atoms with Crippen LogP contribution in [-0.4, -0.2) is 27.5 Å². The summed E-state index contributed by atoms with van der Waals surface area (Å²) < 4.78 is 6.61. The number of esters is 1. The SMILES string of the molecule is CCC(C(=O)Nc1cccc(C)c1)n1cnc2sc(C(=O)OC(C)C)c(C)c2c1=O. The number of ether oxygens (including phenoxy) is 1. The third kappa shape index (κ3) is 4.28. The molecule has 0 aliphatic rings. The highest BCUT2D eigenvalue weighted by molar-refractivity contribution is 7.20. The van der Waals surface area contributed by atoms with Crippen molar-refractivity contribution in [3.63, 3.8) is 0 Å². The van der Waals surface area contributed by atoms with E-state index in [1.807, 2.05) is 32.0 Å². The molecule has 30 heavy (non-hydrogen) atoms. The number of rotatable bonds is 6. The Morgan fingerprint density at radius 3 is 2.63 bits per heavy atom. The van der Waals surface area contributed by atoms with Gasteiger partial charge in [0, 0.05) is 5.69 Å². The Balaban J connectivity index is 1.99. The number of aryl methyl sites for hydroxylation is 2. The molecule has 0 saturated carbocycles. The minimum atomic E-state index is -0.722. The van der Waals surface area contributed by atoms with Crippen molar-refractivity contribution < 1.29 is 14.3 Å². The molecule has 1 amide bonds. The summed E-state index contributed by atoms with van der Waals surface area (Å²) in [7, 11) is 0. The van der Waals surface area contributed by atoms with Gasteiger partial charge in [0.05, 0.1) is 17.8 Å². The number of carbonyl (C=O) groups is 2. The zero-order valence-corrected chi connectivity index (χ0v) is 18.5. The summed E-state index contributed by atoms with van der Waals surface area (Å²) >= 11 is 1.13. The molecule has 1 unspecified atom stereocenters. The van der Waals surface area contributed by atoms with E-state index in [1.165, 1.54) is 10.9 Å². The zero-order chi connectivity index (χ0) is 22.0. The van der Waals surface area contributed by atoms with Gasteiger partial charge in [0.1, 0.15) is 15.7 Å². The third-order valence-corrected chi connectivity index (χ3v) is 5.89. The Hall–Kier alpha value is -3.00. The van der Waals surface area contributed by atoms with Crippen LogP contribution in [0.25, 0.3) is 10.2 Å². The summed E-state index contributed by atoms with van der Waals surface area (Å²) in [5.41, 5.74) is 1.88. The van der Waals surface area contributed by atoms with Gasteiger partial charge in [-0.3, -0.25) is 14.2 Å². The first kappa shape index (κ1) is 21.7. The first-order chi connectivity index (χ1) is 14.2. The molecule has 0 fully saturated rings. The number of nitrogens with zero attached hydrogens (tertiary/aromatic N) is 2. The molecule has 0 aliphatic heterocycles. The lowest BCUT2D eigenvalue weighted by atomic mass is 10.1. The number of anilines is 1. The van der Waals surface area contributed by atoms with E-state index in [4.69, 9.17) is 4.74 Å². The average molecular weight is 428 g/mol. The van der Waals surface area contributed by atoms with Crippen molar-refractivity contribution in [3.8, 4) is 0 Å². The normalized spacial score (nSPS) is 12.2. The summed E-state index contributed by atoms with van der Waals surface area (Å²) in [5, 5.41) is 3.22. The lowest BCUT2D eigenvalue weighted by Crippen LogP contribution is -2.33. The highest BCUT2D eigenvalue weighted by atomic mass is 32.1. The van der Waals surface area contributed by atoms with Crippen molar-refractivity contribution in [2.24, 2.45) is 0 Å². The van der Waals surface area contributed by atoms with E-state index in [0.717, 1.165) is 16.9 Å². The summed E-state index contributed by atoms with van der Waals surface area (Å²) in [6.07, 6.45) is 1.53. The lowest BCUT2D eigenvalue weighted by Gasteiger charge is -2.18. The van der Waals surface area contributed by atoms with Crippen molar-refractivity contribution in [2.75, 3.05) is 5.32 Å². The summed E-state index contributed by atoms with van der Waals surface area (Å²) in [6.45, 7) is 9.02. The molecule has 0 spiro atoms. The van der Waals surface area contributed by atoms with Crippen molar-refractivity contribution in [2.45, 2.75) is 53.2 Å². The monoisotopic (exact) mass is 427 g/mol. The minimum absolute atomic E-state index is 0.262. The number of aromatic nitrogens is 2. The minimum Gasteiger partial charge on any atom is -0.459 e. The average Bonchev–Trinajstić information content (AvgIpc) is 3.01. The number of amides is 1. The Labute approximate surface area is 178 Å². The van der Waals surface area contributed by atoms with E-state index < -0.39 is 12.0 Å². The molecule has 0 aliphatic carbocycles. The number of hydrogen-bond donors (Lipinski definition) is 1. The van der Waals surface area contributed by atoms with Crippen LogP contribution in [0.2, 0.25) is 0 Å². The number of nitrogens with one attached hydrogen (secondary N) is 1. The van der Waals surface area contributed by atoms with Crippen LogP contribution in [0, 0.1) is 13.8 Å². The molecule has 1 N–H and O–H groups in total. The first-order valence-corrected chi connectivity index (χ1v) is 10.6. The second-order valence-electron chi connectivity index (χ2n) is 7.43. The highest BCUT2D eigenvalue weighted by Crippen LogP contribution is 2.28. The molecule has 0 radical (unpaired) electrons. The summed E-state index contributed by atoms with van der Waals surface area (Å²) in [4.78, 5) is 43.6. The molecule has 3 rings (SSSR count). The molecule has 158 valence electrons. The molecular weight excluding hydrogens is 402 g/mol. The Kier molecular flexibility index (Phi) is 6.36. The number of thiophene rings is 1. The van der Waals surface area contributed by atoms with Crippen LogP contribution in [0.15, 0.2) is 35.4 Å². The number of benzene rings is 1. The van der Waals surface area contributed by atoms with Crippen LogP contribution in [0.4, 0.5) is 5.69 Å². The fraction of sp³-hybridized carbons (Fsp3) is 0.364. The van der Waals surface area contributed by atoms with Crippen LogP contribution < -0.4 is 10.9 Å². The third-order valence-electron chi connectivity index (χ3n) is 4.71. The molecule has 2 heterocycles. The van der Waals surface area contributed by atoms with Crippen molar-refractivity contribution in [3.05, 3.63) is 57.0 Å². The summed E-state index contributed by atoms with van der Waals surface area (Å²) in [5.74, 6) is -0.764. The van der Waals surface area contributed by atoms with Crippen LogP contribution >= 0.6 is 11.3 Å². The fourth-order valence-electron chi connectivity index (χ4n) is 3.28. The van der Waals surface area contributed by atoms with E-state index in [-0.39, 0.29) is 17.6 Å². The first-order valence-electron chi connectivity index (χ1n) is 9.81. The Morgan fingerprint density at radius 1 is 1.27 bits per heavy atom. The number of hydrogen-bond acceptors (Lipinski definition) is 6. The molecule has 0 bridgehead atoms. The number of carbonyl (C=O) groups excluding carboxylic acids is 2. The van der Waals surface area contributed by atoms with Crippen LogP contribution in [0.5, 0.6) is 0 Å². The van der Waals surface area contributed by atoms with Gasteiger partial charge < -0.3 is 10.1 Å². The van der Waals surface area contributed by atoms with Crippen LogP contribution in [0.3, 0.4) is 0 Å². The van der Waals surface area contributed by atoms with Gasteiger partial charge in [0.25, 0.3) is 5.56 Å². The predicted molar refractivity (Wildman–Crippen MR) is 118 cm³/mol. The van der Waals surface area contributed by atoms with Gasteiger partial charge in [-0.2, -0.15) is 0 Å². The van der Waals surface area contributed by atoms with E-state index in [9.17, 15) is 14.4 Å². The molecular formula is C22H25N3O4S. The molecule has 1 aromatic carbocycles. The second-order valence-corrected chi connectivity index (χ2v) is 8.43. The van der Waals surface area contributed by atoms with Crippen LogP contribution in [0.1, 0.15) is 54.0 Å². The smallest absolute Gasteiger partial charge is 0.348 e. The molecule has 2 aromatic heterocycles. The molecule has 1 atom stereocenters. The molecule has 7 nitrogen and oxygen atoms in total. The Bertz CT molecular complexity index is 1160. The topological polar surface area (TPSA) is 90.3 Å².